The lowest BCUT2D eigenvalue weighted by atomic mass is 10.1. The van der Waals surface area contributed by atoms with Crippen molar-refractivity contribution in [1.29, 1.82) is 0 Å². The fraction of sp³-hybridized carbons (Fsp3) is 0.406. The van der Waals surface area contributed by atoms with E-state index in [0.717, 1.165) is 38.2 Å². The SMILES string of the molecule is COc1cc2c(cc1OCCCC(=O)Nc1cn(C)c(C(=O)Nc3ccc(N4CCOCC4)cc3)n1)N=CC1CCCN1C2=O. The van der Waals surface area contributed by atoms with E-state index in [9.17, 15) is 14.4 Å². The molecule has 2 aromatic carbocycles. The van der Waals surface area contributed by atoms with Crippen molar-refractivity contribution in [3.05, 3.63) is 54.0 Å². The van der Waals surface area contributed by atoms with E-state index in [1.165, 1.54) is 7.11 Å². The molecule has 1 aromatic heterocycles. The number of carbonyl (C=O) groups is 3. The molecule has 4 heterocycles. The molecule has 3 aliphatic rings. The predicted octanol–water partition coefficient (Wildman–Crippen LogP) is 3.64. The molecule has 236 valence electrons. The first kappa shape index (κ1) is 30.1. The molecular weight excluding hydrogens is 578 g/mol. The number of carbonyl (C=O) groups excluding carboxylic acids is 3. The molecule has 3 aliphatic heterocycles. The lowest BCUT2D eigenvalue weighted by Gasteiger charge is -2.28. The summed E-state index contributed by atoms with van der Waals surface area (Å²) in [5.41, 5.74) is 2.76. The fourth-order valence-electron chi connectivity index (χ4n) is 5.74. The Hall–Kier alpha value is -4.91. The second kappa shape index (κ2) is 13.4. The van der Waals surface area contributed by atoms with Crippen LogP contribution < -0.4 is 25.0 Å². The number of nitrogens with one attached hydrogen (secondary N) is 2. The number of methoxy groups -OCH3 is 1. The van der Waals surface area contributed by atoms with Crippen molar-refractivity contribution in [3.8, 4) is 11.5 Å². The summed E-state index contributed by atoms with van der Waals surface area (Å²) in [6.45, 7) is 4.04. The summed E-state index contributed by atoms with van der Waals surface area (Å²) in [4.78, 5) is 51.6. The quantitative estimate of drug-likeness (QED) is 0.330. The van der Waals surface area contributed by atoms with Gasteiger partial charge >= 0.3 is 0 Å². The maximum atomic E-state index is 13.1. The standard InChI is InChI=1S/C32H37N7O6/c1-37-20-28(36-30(37)31(41)34-21-7-9-22(10-8-21)38-12-15-44-16-13-38)35-29(40)6-4-14-45-27-18-25-24(17-26(27)43-2)32(42)39-11-3-5-23(39)19-33-25/h7-10,17-20,23H,3-6,11-16H2,1-2H3,(H,34,41)(H,35,40). The molecule has 2 N–H and O–H groups in total. The number of hydrogen-bond donors (Lipinski definition) is 2. The average Bonchev–Trinajstić information content (AvgIpc) is 3.65. The van der Waals surface area contributed by atoms with E-state index >= 15 is 0 Å². The molecule has 13 nitrogen and oxygen atoms in total. The summed E-state index contributed by atoms with van der Waals surface area (Å²) in [6.07, 6.45) is 5.89. The van der Waals surface area contributed by atoms with E-state index in [1.54, 1.807) is 29.9 Å². The van der Waals surface area contributed by atoms with Gasteiger partial charge in [-0.1, -0.05) is 0 Å². The summed E-state index contributed by atoms with van der Waals surface area (Å²) in [5.74, 6) is 0.652. The number of ether oxygens (including phenoxy) is 3. The monoisotopic (exact) mass is 615 g/mol. The van der Waals surface area contributed by atoms with Crippen LogP contribution in [0.25, 0.3) is 0 Å². The van der Waals surface area contributed by atoms with Crippen LogP contribution in [-0.4, -0.2) is 91.0 Å². The largest absolute Gasteiger partial charge is 0.493 e. The minimum atomic E-state index is -0.383. The van der Waals surface area contributed by atoms with Crippen molar-refractivity contribution in [2.75, 3.05) is 62.1 Å². The Kier molecular flexibility index (Phi) is 8.96. The number of hydrogen-bond acceptors (Lipinski definition) is 9. The molecule has 0 radical (unpaired) electrons. The number of morpholine rings is 1. The molecule has 3 aromatic rings. The van der Waals surface area contributed by atoms with E-state index in [0.29, 0.717) is 48.1 Å². The number of anilines is 3. The molecule has 6 rings (SSSR count). The van der Waals surface area contributed by atoms with Gasteiger partial charge in [0.05, 0.1) is 44.2 Å². The third-order valence-electron chi connectivity index (χ3n) is 8.11. The van der Waals surface area contributed by atoms with Gasteiger partial charge in [0, 0.05) is 63.0 Å². The lowest BCUT2D eigenvalue weighted by molar-refractivity contribution is -0.116. The Morgan fingerprint density at radius 3 is 2.64 bits per heavy atom. The van der Waals surface area contributed by atoms with Crippen molar-refractivity contribution in [2.24, 2.45) is 12.0 Å². The Morgan fingerprint density at radius 2 is 1.87 bits per heavy atom. The average molecular weight is 616 g/mol. The molecule has 13 heteroatoms. The van der Waals surface area contributed by atoms with Crippen molar-refractivity contribution >= 4 is 46.8 Å². The molecule has 1 unspecified atom stereocenters. The molecular formula is C32H37N7O6. The van der Waals surface area contributed by atoms with E-state index in [4.69, 9.17) is 14.2 Å². The van der Waals surface area contributed by atoms with Gasteiger partial charge in [0.25, 0.3) is 11.8 Å². The second-order valence-corrected chi connectivity index (χ2v) is 11.2. The zero-order valence-electron chi connectivity index (χ0n) is 25.5. The van der Waals surface area contributed by atoms with Gasteiger partial charge < -0.3 is 39.2 Å². The van der Waals surface area contributed by atoms with Gasteiger partial charge in [-0.15, -0.1) is 0 Å². The number of aryl methyl sites for hydroxylation is 1. The maximum Gasteiger partial charge on any atom is 0.291 e. The molecule has 2 fully saturated rings. The normalized spacial score (nSPS) is 17.4. The number of rotatable bonds is 10. The van der Waals surface area contributed by atoms with Crippen LogP contribution in [0.15, 0.2) is 47.6 Å². The first-order valence-electron chi connectivity index (χ1n) is 15.2. The van der Waals surface area contributed by atoms with Crippen molar-refractivity contribution in [1.82, 2.24) is 14.5 Å². The van der Waals surface area contributed by atoms with Gasteiger partial charge in [-0.25, -0.2) is 4.98 Å². The molecule has 0 spiro atoms. The zero-order valence-corrected chi connectivity index (χ0v) is 25.5. The van der Waals surface area contributed by atoms with Gasteiger partial charge in [-0.2, -0.15) is 0 Å². The first-order valence-corrected chi connectivity index (χ1v) is 15.2. The van der Waals surface area contributed by atoms with E-state index in [1.807, 2.05) is 35.4 Å². The molecule has 0 bridgehead atoms. The summed E-state index contributed by atoms with van der Waals surface area (Å²) in [5, 5.41) is 5.61. The van der Waals surface area contributed by atoms with Gasteiger partial charge in [0.2, 0.25) is 11.7 Å². The van der Waals surface area contributed by atoms with Crippen LogP contribution >= 0.6 is 0 Å². The Bertz CT molecular complexity index is 1600. The number of benzene rings is 2. The molecule has 0 aliphatic carbocycles. The molecule has 2 saturated heterocycles. The highest BCUT2D eigenvalue weighted by Gasteiger charge is 2.32. The van der Waals surface area contributed by atoms with Gasteiger partial charge in [0.15, 0.2) is 17.3 Å². The Labute approximate surface area is 261 Å². The van der Waals surface area contributed by atoms with Crippen LogP contribution in [0.2, 0.25) is 0 Å². The maximum absolute atomic E-state index is 13.1. The fourth-order valence-corrected chi connectivity index (χ4v) is 5.74. The van der Waals surface area contributed by atoms with Crippen LogP contribution in [0.4, 0.5) is 22.9 Å². The minimum Gasteiger partial charge on any atom is -0.493 e. The zero-order chi connectivity index (χ0) is 31.3. The van der Waals surface area contributed by atoms with Crippen molar-refractivity contribution in [3.63, 3.8) is 0 Å². The molecule has 1 atom stereocenters. The number of amides is 3. The molecule has 3 amide bonds. The molecule has 0 saturated carbocycles. The highest BCUT2D eigenvalue weighted by Crippen LogP contribution is 2.38. The minimum absolute atomic E-state index is 0.0153. The lowest BCUT2D eigenvalue weighted by Crippen LogP contribution is -2.36. The Morgan fingerprint density at radius 1 is 1.07 bits per heavy atom. The third kappa shape index (κ3) is 6.78. The van der Waals surface area contributed by atoms with Crippen LogP contribution in [0.1, 0.15) is 46.7 Å². The first-order chi connectivity index (χ1) is 21.9. The summed E-state index contributed by atoms with van der Waals surface area (Å²) >= 11 is 0. The summed E-state index contributed by atoms with van der Waals surface area (Å²) < 4.78 is 18.4. The predicted molar refractivity (Wildman–Crippen MR) is 169 cm³/mol. The van der Waals surface area contributed by atoms with Gasteiger partial charge in [0.1, 0.15) is 0 Å². The van der Waals surface area contributed by atoms with Gasteiger partial charge in [-0.3, -0.25) is 19.4 Å². The highest BCUT2D eigenvalue weighted by atomic mass is 16.5. The number of fused-ring (bicyclic) bond motifs is 2. The van der Waals surface area contributed by atoms with E-state index < -0.39 is 0 Å². The number of aromatic nitrogens is 2. The van der Waals surface area contributed by atoms with E-state index in [-0.39, 0.29) is 48.4 Å². The number of imidazole rings is 1. The van der Waals surface area contributed by atoms with Crippen molar-refractivity contribution in [2.45, 2.75) is 31.7 Å². The van der Waals surface area contributed by atoms with E-state index in [2.05, 4.69) is 25.5 Å². The third-order valence-corrected chi connectivity index (χ3v) is 8.11. The smallest absolute Gasteiger partial charge is 0.291 e. The topological polar surface area (TPSA) is 140 Å². The second-order valence-electron chi connectivity index (χ2n) is 11.2. The molecule has 45 heavy (non-hydrogen) atoms. The Balaban J connectivity index is 0.992. The van der Waals surface area contributed by atoms with Crippen LogP contribution in [0.5, 0.6) is 11.5 Å². The summed E-state index contributed by atoms with van der Waals surface area (Å²) in [6, 6.07) is 11.0. The van der Waals surface area contributed by atoms with Crippen LogP contribution in [0, 0.1) is 0 Å². The number of aliphatic imine (C=N–C) groups is 1. The van der Waals surface area contributed by atoms with Crippen LogP contribution in [0.3, 0.4) is 0 Å². The highest BCUT2D eigenvalue weighted by molar-refractivity contribution is 6.04. The van der Waals surface area contributed by atoms with Crippen molar-refractivity contribution < 1.29 is 28.6 Å². The number of nitrogens with zero attached hydrogens (tertiary/aromatic N) is 5. The summed E-state index contributed by atoms with van der Waals surface area (Å²) in [7, 11) is 3.22. The van der Waals surface area contributed by atoms with Crippen LogP contribution in [-0.2, 0) is 16.6 Å². The van der Waals surface area contributed by atoms with Gasteiger partial charge in [-0.05, 0) is 49.6 Å².